The molecule has 4 heterocycles. The van der Waals surface area contributed by atoms with Gasteiger partial charge in [-0.3, -0.25) is 4.79 Å². The molecule has 0 saturated heterocycles. The number of aromatic nitrogens is 3. The van der Waals surface area contributed by atoms with Gasteiger partial charge in [-0.15, -0.1) is 0 Å². The van der Waals surface area contributed by atoms with E-state index in [0.717, 1.165) is 61.0 Å². The van der Waals surface area contributed by atoms with Crippen LogP contribution in [0, 0.1) is 0 Å². The van der Waals surface area contributed by atoms with Crippen molar-refractivity contribution in [2.24, 2.45) is 0 Å². The summed E-state index contributed by atoms with van der Waals surface area (Å²) in [6.07, 6.45) is 6.82. The lowest BCUT2D eigenvalue weighted by molar-refractivity contribution is 0.0524. The smallest absolute Gasteiger partial charge is 0.343 e. The largest absolute Gasteiger partial charge is 0.462 e. The standard InChI is InChI=1S/C21H23N3O3/c1-3-27-21(26)14-11-24-12(2)7-8-13-10-15-18(17(19(13)24)20(14)25)22-16-6-4-5-9-23(15)16/h10-12H,3-9H2,1-2H3. The molecule has 0 bridgehead atoms. The summed E-state index contributed by atoms with van der Waals surface area (Å²) in [5, 5.41) is 0.585. The SMILES string of the molecule is CCOC(=O)c1cn2c3c(cc4c(nc5n4CCCC5)c3c1=O)CCC2C. The highest BCUT2D eigenvalue weighted by molar-refractivity contribution is 6.07. The van der Waals surface area contributed by atoms with E-state index in [-0.39, 0.29) is 23.6 Å². The van der Waals surface area contributed by atoms with Gasteiger partial charge in [0.15, 0.2) is 0 Å². The van der Waals surface area contributed by atoms with E-state index in [1.54, 1.807) is 13.1 Å². The highest BCUT2D eigenvalue weighted by atomic mass is 16.5. The maximum atomic E-state index is 13.4. The molecule has 0 amide bonds. The highest BCUT2D eigenvalue weighted by Gasteiger charge is 2.27. The molecule has 0 aliphatic carbocycles. The lowest BCUT2D eigenvalue weighted by Crippen LogP contribution is -2.25. The minimum absolute atomic E-state index is 0.113. The Labute approximate surface area is 156 Å². The van der Waals surface area contributed by atoms with Crippen LogP contribution in [0.4, 0.5) is 0 Å². The van der Waals surface area contributed by atoms with Crippen LogP contribution in [0.5, 0.6) is 0 Å². The first kappa shape index (κ1) is 16.5. The van der Waals surface area contributed by atoms with Gasteiger partial charge in [0.25, 0.3) is 0 Å². The molecule has 0 spiro atoms. The number of nitrogens with zero attached hydrogens (tertiary/aromatic N) is 3. The molecule has 0 N–H and O–H groups in total. The predicted molar refractivity (Wildman–Crippen MR) is 103 cm³/mol. The molecule has 6 heteroatoms. The van der Waals surface area contributed by atoms with Crippen molar-refractivity contribution in [1.82, 2.24) is 14.1 Å². The Morgan fingerprint density at radius 2 is 2.19 bits per heavy atom. The number of hydrogen-bond acceptors (Lipinski definition) is 4. The number of benzene rings is 1. The fraction of sp³-hybridized carbons (Fsp3) is 0.476. The van der Waals surface area contributed by atoms with Gasteiger partial charge >= 0.3 is 5.97 Å². The highest BCUT2D eigenvalue weighted by Crippen LogP contribution is 2.35. The molecule has 5 rings (SSSR count). The predicted octanol–water partition coefficient (Wildman–Crippen LogP) is 3.37. The van der Waals surface area contributed by atoms with E-state index in [2.05, 4.69) is 22.1 Å². The molecule has 3 aromatic rings. The van der Waals surface area contributed by atoms with Crippen LogP contribution in [0.3, 0.4) is 0 Å². The third kappa shape index (κ3) is 2.28. The quantitative estimate of drug-likeness (QED) is 0.653. The Morgan fingerprint density at radius 1 is 1.33 bits per heavy atom. The molecule has 2 aliphatic heterocycles. The molecule has 2 aliphatic rings. The van der Waals surface area contributed by atoms with Crippen LogP contribution in [0.2, 0.25) is 0 Å². The first-order valence-corrected chi connectivity index (χ1v) is 9.87. The topological polar surface area (TPSA) is 66.1 Å². The van der Waals surface area contributed by atoms with Crippen LogP contribution >= 0.6 is 0 Å². The summed E-state index contributed by atoms with van der Waals surface area (Å²) in [5.41, 5.74) is 3.75. The summed E-state index contributed by atoms with van der Waals surface area (Å²) in [5.74, 6) is 0.503. The van der Waals surface area contributed by atoms with Gasteiger partial charge in [0.2, 0.25) is 5.43 Å². The van der Waals surface area contributed by atoms with Crippen molar-refractivity contribution in [2.45, 2.75) is 58.5 Å². The molecular weight excluding hydrogens is 342 g/mol. The van der Waals surface area contributed by atoms with E-state index >= 15 is 0 Å². The fourth-order valence-electron chi connectivity index (χ4n) is 4.65. The number of imidazole rings is 1. The van der Waals surface area contributed by atoms with Crippen molar-refractivity contribution >= 4 is 27.9 Å². The number of rotatable bonds is 2. The zero-order chi connectivity index (χ0) is 18.7. The fourth-order valence-corrected chi connectivity index (χ4v) is 4.65. The van der Waals surface area contributed by atoms with Gasteiger partial charge in [0.05, 0.1) is 23.0 Å². The molecule has 0 saturated carbocycles. The maximum Gasteiger partial charge on any atom is 0.343 e. The van der Waals surface area contributed by atoms with Gasteiger partial charge in [-0.25, -0.2) is 9.78 Å². The van der Waals surface area contributed by atoms with Gasteiger partial charge in [0, 0.05) is 25.2 Å². The lowest BCUT2D eigenvalue weighted by Gasteiger charge is -2.27. The molecule has 0 radical (unpaired) electrons. The van der Waals surface area contributed by atoms with E-state index < -0.39 is 5.97 Å². The summed E-state index contributed by atoms with van der Waals surface area (Å²) >= 11 is 0. The van der Waals surface area contributed by atoms with E-state index in [1.165, 1.54) is 5.56 Å². The van der Waals surface area contributed by atoms with Crippen molar-refractivity contribution in [1.29, 1.82) is 0 Å². The molecule has 1 unspecified atom stereocenters. The molecule has 1 atom stereocenters. The van der Waals surface area contributed by atoms with Gasteiger partial charge in [0.1, 0.15) is 16.9 Å². The van der Waals surface area contributed by atoms with Crippen LogP contribution in [-0.4, -0.2) is 26.7 Å². The Morgan fingerprint density at radius 3 is 3.00 bits per heavy atom. The molecular formula is C21H23N3O3. The summed E-state index contributed by atoms with van der Waals surface area (Å²) in [6, 6.07) is 2.44. The Bertz CT molecular complexity index is 1160. The number of hydrogen-bond donors (Lipinski definition) is 0. The number of carbonyl (C=O) groups excluding carboxylic acids is 1. The summed E-state index contributed by atoms with van der Waals surface area (Å²) < 4.78 is 9.50. The number of esters is 1. The number of ether oxygens (including phenoxy) is 1. The monoisotopic (exact) mass is 365 g/mol. The first-order chi connectivity index (χ1) is 13.1. The second-order valence-corrected chi connectivity index (χ2v) is 7.65. The van der Waals surface area contributed by atoms with Crippen LogP contribution < -0.4 is 5.43 Å². The number of fused-ring (bicyclic) bond motifs is 4. The summed E-state index contributed by atoms with van der Waals surface area (Å²) in [4.78, 5) is 30.7. The Balaban J connectivity index is 1.94. The first-order valence-electron chi connectivity index (χ1n) is 9.87. The second kappa shape index (κ2) is 5.94. The average molecular weight is 365 g/mol. The van der Waals surface area contributed by atoms with E-state index in [0.29, 0.717) is 5.39 Å². The Kier molecular flexibility index (Phi) is 3.64. The summed E-state index contributed by atoms with van der Waals surface area (Å²) in [7, 11) is 0. The average Bonchev–Trinajstić information content (AvgIpc) is 3.04. The van der Waals surface area contributed by atoms with Crippen LogP contribution in [0.15, 0.2) is 17.1 Å². The van der Waals surface area contributed by atoms with Gasteiger partial charge < -0.3 is 13.9 Å². The van der Waals surface area contributed by atoms with Crippen molar-refractivity contribution < 1.29 is 9.53 Å². The van der Waals surface area contributed by atoms with Gasteiger partial charge in [-0.05, 0) is 51.2 Å². The van der Waals surface area contributed by atoms with Crippen molar-refractivity contribution in [3.63, 3.8) is 0 Å². The third-order valence-electron chi connectivity index (χ3n) is 6.01. The molecule has 1 aromatic carbocycles. The molecule has 27 heavy (non-hydrogen) atoms. The summed E-state index contributed by atoms with van der Waals surface area (Å²) in [6.45, 7) is 5.08. The van der Waals surface area contributed by atoms with Crippen LogP contribution in [-0.2, 0) is 24.1 Å². The maximum absolute atomic E-state index is 13.4. The third-order valence-corrected chi connectivity index (χ3v) is 6.01. The van der Waals surface area contributed by atoms with Gasteiger partial charge in [-0.2, -0.15) is 0 Å². The number of pyridine rings is 1. The second-order valence-electron chi connectivity index (χ2n) is 7.65. The minimum Gasteiger partial charge on any atom is -0.462 e. The van der Waals surface area contributed by atoms with E-state index in [4.69, 9.17) is 9.72 Å². The van der Waals surface area contributed by atoms with Crippen molar-refractivity contribution in [3.05, 3.63) is 39.4 Å². The number of carbonyl (C=O) groups is 1. The van der Waals surface area contributed by atoms with E-state index in [9.17, 15) is 9.59 Å². The normalized spacial score (nSPS) is 18.7. The van der Waals surface area contributed by atoms with Crippen LogP contribution in [0.25, 0.3) is 21.9 Å². The van der Waals surface area contributed by atoms with Gasteiger partial charge in [-0.1, -0.05) is 0 Å². The van der Waals surface area contributed by atoms with Crippen molar-refractivity contribution in [2.75, 3.05) is 6.61 Å². The molecule has 6 nitrogen and oxygen atoms in total. The lowest BCUT2D eigenvalue weighted by atomic mass is 9.95. The number of aryl methyl sites for hydroxylation is 3. The minimum atomic E-state index is -0.548. The Hall–Kier alpha value is -2.63. The van der Waals surface area contributed by atoms with Crippen LogP contribution in [0.1, 0.15) is 60.9 Å². The zero-order valence-corrected chi connectivity index (χ0v) is 15.7. The van der Waals surface area contributed by atoms with E-state index in [1.807, 2.05) is 0 Å². The zero-order valence-electron chi connectivity index (χ0n) is 15.7. The molecule has 0 fully saturated rings. The molecule has 2 aromatic heterocycles. The molecule has 140 valence electrons. The van der Waals surface area contributed by atoms with Crippen molar-refractivity contribution in [3.8, 4) is 0 Å².